The van der Waals surface area contributed by atoms with Gasteiger partial charge in [0, 0.05) is 22.5 Å². The van der Waals surface area contributed by atoms with E-state index in [1.165, 1.54) is 4.68 Å². The number of carbonyl (C=O) groups is 1. The summed E-state index contributed by atoms with van der Waals surface area (Å²) in [7, 11) is 0. The normalized spacial score (nSPS) is 20.2. The number of ether oxygens (including phenoxy) is 1. The minimum atomic E-state index is -0.236. The number of aromatic nitrogens is 2. The molecule has 0 bridgehead atoms. The van der Waals surface area contributed by atoms with Crippen molar-refractivity contribution in [3.05, 3.63) is 38.7 Å². The summed E-state index contributed by atoms with van der Waals surface area (Å²) in [5, 5.41) is 5.95. The van der Waals surface area contributed by atoms with Crippen LogP contribution in [0, 0.1) is 0 Å². The topological polar surface area (TPSA) is 64.4 Å². The van der Waals surface area contributed by atoms with Gasteiger partial charge < -0.3 is 4.74 Å². The summed E-state index contributed by atoms with van der Waals surface area (Å²) >= 11 is 5.52. The Balaban J connectivity index is 1.92. The molecule has 2 atom stereocenters. The highest BCUT2D eigenvalue weighted by Gasteiger charge is 2.28. The van der Waals surface area contributed by atoms with E-state index in [0.29, 0.717) is 12.0 Å². The Labute approximate surface area is 180 Å². The maximum absolute atomic E-state index is 12.9. The molecule has 27 heavy (non-hydrogen) atoms. The van der Waals surface area contributed by atoms with Crippen LogP contribution >= 0.6 is 38.8 Å². The van der Waals surface area contributed by atoms with Crippen molar-refractivity contribution in [3.63, 3.8) is 0 Å². The van der Waals surface area contributed by atoms with Crippen LogP contribution in [0.5, 0.6) is 0 Å². The van der Waals surface area contributed by atoms with Crippen molar-refractivity contribution in [2.75, 3.05) is 6.61 Å². The van der Waals surface area contributed by atoms with Gasteiger partial charge in [-0.1, -0.05) is 29.8 Å². The zero-order valence-electron chi connectivity index (χ0n) is 15.6. The van der Waals surface area contributed by atoms with Crippen LogP contribution in [-0.2, 0) is 16.1 Å². The van der Waals surface area contributed by atoms with Gasteiger partial charge in [0.25, 0.3) is 11.5 Å². The molecule has 1 aliphatic rings. The van der Waals surface area contributed by atoms with Crippen LogP contribution < -0.4 is 5.56 Å². The Hall–Kier alpha value is -1.000. The van der Waals surface area contributed by atoms with E-state index in [1.54, 1.807) is 9.18 Å². The summed E-state index contributed by atoms with van der Waals surface area (Å²) < 4.78 is 9.49. The number of hydrogen-bond donors (Lipinski definition) is 0. The Morgan fingerprint density at radius 3 is 2.85 bits per heavy atom. The molecule has 0 radical (unpaired) electrons. The lowest BCUT2D eigenvalue weighted by molar-refractivity contribution is -0.129. The zero-order chi connectivity index (χ0) is 19.7. The zero-order valence-corrected chi connectivity index (χ0v) is 19.4. The lowest BCUT2D eigenvalue weighted by atomic mass is 10.0. The van der Waals surface area contributed by atoms with Crippen molar-refractivity contribution in [1.82, 2.24) is 12.9 Å². The van der Waals surface area contributed by atoms with E-state index >= 15 is 0 Å². The second-order valence-electron chi connectivity index (χ2n) is 7.26. The molecular formula is C19H23BrIN3O3. The van der Waals surface area contributed by atoms with Crippen LogP contribution in [0.1, 0.15) is 45.2 Å². The van der Waals surface area contributed by atoms with E-state index in [1.807, 2.05) is 32.9 Å². The lowest BCUT2D eigenvalue weighted by Gasteiger charge is -2.32. The maximum atomic E-state index is 12.9. The third-order valence-corrected chi connectivity index (χ3v) is 6.62. The molecule has 2 heterocycles. The van der Waals surface area contributed by atoms with E-state index in [0.717, 1.165) is 28.4 Å². The Bertz CT molecular complexity index is 915. The van der Waals surface area contributed by atoms with Gasteiger partial charge in [-0.05, 0) is 43.9 Å². The smallest absolute Gasteiger partial charge is 0.275 e. The number of rotatable bonds is 4. The number of fused-ring (bicyclic) bond motifs is 1. The van der Waals surface area contributed by atoms with Gasteiger partial charge in [-0.15, -0.1) is 0 Å². The molecule has 146 valence electrons. The minimum absolute atomic E-state index is 0.0563. The molecule has 0 spiro atoms. The summed E-state index contributed by atoms with van der Waals surface area (Å²) in [5.41, 5.74) is 0.582. The largest absolute Gasteiger partial charge is 0.378 e. The summed E-state index contributed by atoms with van der Waals surface area (Å²) in [4.78, 5) is 25.7. The third-order valence-electron chi connectivity index (χ3n) is 4.80. The number of hydrogen-bond acceptors (Lipinski definition) is 4. The van der Waals surface area contributed by atoms with Gasteiger partial charge in [-0.3, -0.25) is 12.7 Å². The number of benzene rings is 1. The van der Waals surface area contributed by atoms with Gasteiger partial charge in [-0.25, -0.2) is 4.68 Å². The molecule has 0 aliphatic carbocycles. The molecule has 3 rings (SSSR count). The average Bonchev–Trinajstić information content (AvgIpc) is 2.62. The molecule has 0 N–H and O–H groups in total. The van der Waals surface area contributed by atoms with Gasteiger partial charge in [0.1, 0.15) is 6.54 Å². The molecule has 2 aromatic rings. The summed E-state index contributed by atoms with van der Waals surface area (Å²) in [6, 6.07) is 5.67. The summed E-state index contributed by atoms with van der Waals surface area (Å²) in [6.45, 7) is 6.68. The van der Waals surface area contributed by atoms with Crippen molar-refractivity contribution in [2.24, 2.45) is 0 Å². The monoisotopic (exact) mass is 547 g/mol. The first-order valence-corrected chi connectivity index (χ1v) is 10.8. The highest BCUT2D eigenvalue weighted by Crippen LogP contribution is 2.25. The predicted octanol–water partition coefficient (Wildman–Crippen LogP) is 4.03. The summed E-state index contributed by atoms with van der Waals surface area (Å²) in [6.07, 6.45) is 1.76. The standard InChI is InChI=1S/C19H23BrIN3O3/c1-11(2)18-16-9-13(20)4-5-15(16)19(26)23(22-18)10-17(25)24(21)14-6-7-27-12(3)8-14/h4-5,9,11-12,14H,6-8,10H2,1-3H3/t12-,14-/m1/s1. The van der Waals surface area contributed by atoms with Crippen LogP contribution in [0.15, 0.2) is 27.5 Å². The third kappa shape index (κ3) is 4.54. The number of nitrogens with zero attached hydrogens (tertiary/aromatic N) is 3. The SMILES string of the molecule is CC(C)c1nn(CC(=O)N(I)[C@@H]2CCO[C@H](C)C2)c(=O)c2ccc(Br)cc12. The van der Waals surface area contributed by atoms with Crippen LogP contribution in [0.3, 0.4) is 0 Å². The van der Waals surface area contributed by atoms with Gasteiger partial charge in [-0.2, -0.15) is 5.10 Å². The second kappa shape index (κ2) is 8.57. The number of halogens is 2. The predicted molar refractivity (Wildman–Crippen MR) is 117 cm³/mol. The van der Waals surface area contributed by atoms with Crippen molar-refractivity contribution in [2.45, 2.75) is 58.2 Å². The van der Waals surface area contributed by atoms with Gasteiger partial charge in [0.05, 0.1) is 40.0 Å². The molecule has 1 amide bonds. The molecule has 1 aromatic carbocycles. The van der Waals surface area contributed by atoms with Crippen LogP contribution in [0.25, 0.3) is 10.8 Å². The van der Waals surface area contributed by atoms with Crippen LogP contribution in [0.2, 0.25) is 0 Å². The fourth-order valence-corrected chi connectivity index (χ4v) is 4.42. The van der Waals surface area contributed by atoms with E-state index < -0.39 is 0 Å². The van der Waals surface area contributed by atoms with E-state index in [2.05, 4.69) is 43.9 Å². The first kappa shape index (κ1) is 20.7. The van der Waals surface area contributed by atoms with Crippen molar-refractivity contribution in [1.29, 1.82) is 0 Å². The van der Waals surface area contributed by atoms with Gasteiger partial charge in [0.15, 0.2) is 0 Å². The highest BCUT2D eigenvalue weighted by molar-refractivity contribution is 14.1. The molecular weight excluding hydrogens is 525 g/mol. The van der Waals surface area contributed by atoms with Crippen molar-refractivity contribution >= 4 is 55.5 Å². The first-order valence-electron chi connectivity index (χ1n) is 9.07. The lowest BCUT2D eigenvalue weighted by Crippen LogP contribution is -2.42. The average molecular weight is 548 g/mol. The Morgan fingerprint density at radius 1 is 1.44 bits per heavy atom. The Kier molecular flexibility index (Phi) is 6.58. The highest BCUT2D eigenvalue weighted by atomic mass is 127. The van der Waals surface area contributed by atoms with Crippen molar-refractivity contribution < 1.29 is 9.53 Å². The quantitative estimate of drug-likeness (QED) is 0.428. The molecule has 1 aliphatic heterocycles. The van der Waals surface area contributed by atoms with Gasteiger partial charge in [0.2, 0.25) is 0 Å². The molecule has 1 fully saturated rings. The molecule has 6 nitrogen and oxygen atoms in total. The summed E-state index contributed by atoms with van der Waals surface area (Å²) in [5.74, 6) is 0.0197. The molecule has 0 unspecified atom stereocenters. The molecule has 8 heteroatoms. The first-order chi connectivity index (χ1) is 12.8. The number of amides is 1. The van der Waals surface area contributed by atoms with E-state index in [9.17, 15) is 9.59 Å². The Morgan fingerprint density at radius 2 is 2.19 bits per heavy atom. The minimum Gasteiger partial charge on any atom is -0.378 e. The van der Waals surface area contributed by atoms with E-state index in [-0.39, 0.29) is 36.1 Å². The molecule has 1 saturated heterocycles. The molecule has 0 saturated carbocycles. The fraction of sp³-hybridized carbons (Fsp3) is 0.526. The van der Waals surface area contributed by atoms with Crippen LogP contribution in [-0.4, -0.2) is 37.6 Å². The van der Waals surface area contributed by atoms with Crippen molar-refractivity contribution in [3.8, 4) is 0 Å². The number of carbonyl (C=O) groups excluding carboxylic acids is 1. The van der Waals surface area contributed by atoms with Crippen LogP contribution in [0.4, 0.5) is 0 Å². The van der Waals surface area contributed by atoms with Gasteiger partial charge >= 0.3 is 0 Å². The second-order valence-corrected chi connectivity index (χ2v) is 9.21. The van der Waals surface area contributed by atoms with E-state index in [4.69, 9.17) is 4.74 Å². The fourth-order valence-electron chi connectivity index (χ4n) is 3.40. The molecule has 1 aromatic heterocycles. The maximum Gasteiger partial charge on any atom is 0.275 e.